The molecule has 1 aromatic carbocycles. The minimum absolute atomic E-state index is 0. The summed E-state index contributed by atoms with van der Waals surface area (Å²) in [5.74, 6) is 0.701. The largest absolute Gasteiger partial charge is 1.00 e. The molecule has 1 atom stereocenters. The number of carbonyl (C=O) groups is 1. The molecule has 8 nitrogen and oxygen atoms in total. The van der Waals surface area contributed by atoms with Gasteiger partial charge in [0.15, 0.2) is 5.37 Å². The topological polar surface area (TPSA) is 105 Å². The summed E-state index contributed by atoms with van der Waals surface area (Å²) < 4.78 is 42.1. The second-order valence-corrected chi connectivity index (χ2v) is 7.40. The van der Waals surface area contributed by atoms with Gasteiger partial charge in [0.2, 0.25) is 0 Å². The van der Waals surface area contributed by atoms with Crippen molar-refractivity contribution in [1.82, 2.24) is 10.2 Å². The number of rotatable bonds is 6. The van der Waals surface area contributed by atoms with Crippen molar-refractivity contribution in [1.29, 1.82) is 0 Å². The van der Waals surface area contributed by atoms with Crippen LogP contribution in [-0.4, -0.2) is 43.1 Å². The van der Waals surface area contributed by atoms with Crippen LogP contribution >= 0.6 is 22.6 Å². The molecule has 0 spiro atoms. The molecule has 2 amide bonds. The SMILES string of the molecule is COc1cccc(COCN2C=C(I)C(S(=O)(=O)O)NC2=O)c1.[H-].[Na+]. The van der Waals surface area contributed by atoms with Gasteiger partial charge >= 0.3 is 35.6 Å². The zero-order chi connectivity index (χ0) is 17.0. The van der Waals surface area contributed by atoms with Gasteiger partial charge in [-0.1, -0.05) is 12.1 Å². The van der Waals surface area contributed by atoms with Crippen LogP contribution in [-0.2, 0) is 21.5 Å². The number of nitrogens with zero attached hydrogens (tertiary/aromatic N) is 1. The van der Waals surface area contributed by atoms with Crippen LogP contribution in [0.1, 0.15) is 6.99 Å². The number of carbonyl (C=O) groups excluding carboxylic acids is 1. The van der Waals surface area contributed by atoms with Crippen LogP contribution in [0.4, 0.5) is 4.79 Å². The third kappa shape index (κ3) is 5.86. The van der Waals surface area contributed by atoms with E-state index in [0.29, 0.717) is 5.75 Å². The zero-order valence-corrected chi connectivity index (χ0v) is 18.1. The molecule has 0 fully saturated rings. The Balaban J connectivity index is 0.00000288. The predicted octanol–water partition coefficient (Wildman–Crippen LogP) is -1.20. The van der Waals surface area contributed by atoms with Gasteiger partial charge in [-0.3, -0.25) is 9.45 Å². The third-order valence-corrected chi connectivity index (χ3v) is 5.27. The third-order valence-electron chi connectivity index (χ3n) is 2.98. The van der Waals surface area contributed by atoms with Crippen molar-refractivity contribution in [3.05, 3.63) is 39.6 Å². The molecule has 11 heteroatoms. The Labute approximate surface area is 177 Å². The van der Waals surface area contributed by atoms with Crippen LogP contribution in [0.5, 0.6) is 5.75 Å². The Morgan fingerprint density at radius 1 is 1.46 bits per heavy atom. The van der Waals surface area contributed by atoms with E-state index >= 15 is 0 Å². The van der Waals surface area contributed by atoms with E-state index in [0.717, 1.165) is 5.56 Å². The monoisotopic (exact) mass is 478 g/mol. The predicted molar refractivity (Wildman–Crippen MR) is 91.6 cm³/mol. The van der Waals surface area contributed by atoms with Gasteiger partial charge in [-0.05, 0) is 40.3 Å². The molecule has 0 saturated carbocycles. The Hall–Kier alpha value is -0.370. The van der Waals surface area contributed by atoms with E-state index in [4.69, 9.17) is 14.0 Å². The normalized spacial score (nSPS) is 17.6. The number of benzene rings is 1. The minimum Gasteiger partial charge on any atom is -1.00 e. The molecule has 0 radical (unpaired) electrons. The Morgan fingerprint density at radius 2 is 2.17 bits per heavy atom. The van der Waals surface area contributed by atoms with Crippen molar-refractivity contribution in [2.75, 3.05) is 13.8 Å². The molecule has 1 heterocycles. The quantitative estimate of drug-likeness (QED) is 0.303. The summed E-state index contributed by atoms with van der Waals surface area (Å²) in [4.78, 5) is 13.0. The molecule has 0 aliphatic carbocycles. The number of hydrogen-bond acceptors (Lipinski definition) is 5. The summed E-state index contributed by atoms with van der Waals surface area (Å²) in [7, 11) is -2.83. The number of amides is 2. The summed E-state index contributed by atoms with van der Waals surface area (Å²) in [6, 6.07) is 6.63. The fourth-order valence-corrected chi connectivity index (χ4v) is 3.93. The van der Waals surface area contributed by atoms with Crippen LogP contribution in [0.15, 0.2) is 34.0 Å². The van der Waals surface area contributed by atoms with Crippen LogP contribution in [0.2, 0.25) is 0 Å². The first-order valence-electron chi connectivity index (χ1n) is 6.42. The molecule has 0 saturated heterocycles. The molecular weight excluding hydrogens is 462 g/mol. The molecule has 2 N–H and O–H groups in total. The molecule has 2 rings (SSSR count). The summed E-state index contributed by atoms with van der Waals surface area (Å²) in [5, 5.41) is 0.757. The van der Waals surface area contributed by atoms with E-state index in [1.807, 2.05) is 24.3 Å². The number of nitrogens with one attached hydrogen (secondary N) is 1. The standard InChI is InChI=1S/C13H15IN2O6S.Na.H/c1-21-10-4-2-3-9(5-10)7-22-8-16-6-11(14)12(15-13(16)17)23(18,19)20;;/h2-6,12H,7-8H2,1H3,(H,15,17)(H,18,19,20);;/q;+1;-1. The van der Waals surface area contributed by atoms with Crippen molar-refractivity contribution in [2.24, 2.45) is 0 Å². The van der Waals surface area contributed by atoms with Crippen molar-refractivity contribution >= 4 is 38.7 Å². The van der Waals surface area contributed by atoms with Crippen LogP contribution < -0.4 is 39.6 Å². The summed E-state index contributed by atoms with van der Waals surface area (Å²) >= 11 is 1.74. The fraction of sp³-hybridized carbons (Fsp3) is 0.308. The Kier molecular flexibility index (Phi) is 8.45. The van der Waals surface area contributed by atoms with Gasteiger partial charge in [-0.15, -0.1) is 0 Å². The van der Waals surface area contributed by atoms with Gasteiger partial charge in [0.05, 0.1) is 13.7 Å². The van der Waals surface area contributed by atoms with E-state index in [2.05, 4.69) is 5.32 Å². The van der Waals surface area contributed by atoms with Gasteiger partial charge in [-0.25, -0.2) is 4.79 Å². The van der Waals surface area contributed by atoms with Crippen LogP contribution in [0.25, 0.3) is 0 Å². The average molecular weight is 478 g/mol. The number of methoxy groups -OCH3 is 1. The van der Waals surface area contributed by atoms with Gasteiger partial charge in [-0.2, -0.15) is 8.42 Å². The van der Waals surface area contributed by atoms with Crippen molar-refractivity contribution in [2.45, 2.75) is 12.0 Å². The van der Waals surface area contributed by atoms with E-state index in [1.165, 1.54) is 11.1 Å². The van der Waals surface area contributed by atoms with Crippen LogP contribution in [0.3, 0.4) is 0 Å². The molecule has 128 valence electrons. The maximum atomic E-state index is 11.8. The number of hydrogen-bond donors (Lipinski definition) is 2. The number of ether oxygens (including phenoxy) is 2. The first kappa shape index (κ1) is 21.7. The second-order valence-electron chi connectivity index (χ2n) is 4.66. The summed E-state index contributed by atoms with van der Waals surface area (Å²) in [5.41, 5.74) is 0.872. The molecular formula is C13H16IN2NaO6S. The number of urea groups is 1. The Bertz CT molecular complexity index is 733. The average Bonchev–Trinajstić information content (AvgIpc) is 2.49. The van der Waals surface area contributed by atoms with E-state index < -0.39 is 21.5 Å². The molecule has 24 heavy (non-hydrogen) atoms. The molecule has 0 bridgehead atoms. The van der Waals surface area contributed by atoms with Gasteiger partial charge < -0.3 is 16.2 Å². The summed E-state index contributed by atoms with van der Waals surface area (Å²) in [6.45, 7) is 0.195. The van der Waals surface area contributed by atoms with E-state index in [1.54, 1.807) is 29.7 Å². The molecule has 1 unspecified atom stereocenters. The summed E-state index contributed by atoms with van der Waals surface area (Å²) in [6.07, 6.45) is 1.32. The zero-order valence-electron chi connectivity index (χ0n) is 14.1. The molecule has 1 aliphatic heterocycles. The van der Waals surface area contributed by atoms with Crippen LogP contribution in [0, 0.1) is 0 Å². The minimum atomic E-state index is -4.39. The van der Waals surface area contributed by atoms with Gasteiger partial charge in [0.25, 0.3) is 10.1 Å². The Morgan fingerprint density at radius 3 is 2.79 bits per heavy atom. The van der Waals surface area contributed by atoms with Gasteiger partial charge in [0.1, 0.15) is 12.5 Å². The maximum absolute atomic E-state index is 11.8. The van der Waals surface area contributed by atoms with E-state index in [-0.39, 0.29) is 47.9 Å². The molecule has 0 aromatic heterocycles. The molecule has 1 aromatic rings. The first-order chi connectivity index (χ1) is 10.8. The second kappa shape index (κ2) is 9.36. The maximum Gasteiger partial charge on any atom is 1.00 e. The van der Waals surface area contributed by atoms with Crippen molar-refractivity contribution in [3.63, 3.8) is 0 Å². The van der Waals surface area contributed by atoms with Crippen molar-refractivity contribution in [3.8, 4) is 5.75 Å². The van der Waals surface area contributed by atoms with Gasteiger partial charge in [0, 0.05) is 9.78 Å². The van der Waals surface area contributed by atoms with E-state index in [9.17, 15) is 13.2 Å². The smallest absolute Gasteiger partial charge is 1.00 e. The van der Waals surface area contributed by atoms with Crippen molar-refractivity contribution < 1.29 is 58.2 Å². The fourth-order valence-electron chi connectivity index (χ4n) is 1.88. The number of halogens is 1. The first-order valence-corrected chi connectivity index (χ1v) is 9.01. The molecule has 1 aliphatic rings.